The number of anilines is 2. The molecule has 0 amide bonds. The minimum atomic E-state index is 0.348. The van der Waals surface area contributed by atoms with Gasteiger partial charge in [0.15, 0.2) is 0 Å². The summed E-state index contributed by atoms with van der Waals surface area (Å²) in [6, 6.07) is 2.81. The summed E-state index contributed by atoms with van der Waals surface area (Å²) in [4.78, 5) is 10.9. The van der Waals surface area contributed by atoms with Gasteiger partial charge in [0, 0.05) is 31.2 Å². The zero-order valence-electron chi connectivity index (χ0n) is 11.3. The van der Waals surface area contributed by atoms with Crippen molar-refractivity contribution in [1.82, 2.24) is 9.97 Å². The normalized spacial score (nSPS) is 18.7. The van der Waals surface area contributed by atoms with Crippen LogP contribution in [0.4, 0.5) is 11.6 Å². The quantitative estimate of drug-likeness (QED) is 0.848. The Morgan fingerprint density at radius 3 is 2.83 bits per heavy atom. The fraction of sp³-hybridized carbons (Fsp3) is 0.692. The number of hydrogen-bond donors (Lipinski definition) is 2. The standard InChI is InChI=1S/C13H23N5/c1-3-10(2)17-12-8-13(16-9-15-12)18-6-4-11(14)5-7-18/h8-11H,3-7,14H2,1-2H3,(H,15,16,17). The molecular formula is C13H23N5. The Morgan fingerprint density at radius 2 is 2.17 bits per heavy atom. The second kappa shape index (κ2) is 6.00. The van der Waals surface area contributed by atoms with Crippen LogP contribution >= 0.6 is 0 Å². The van der Waals surface area contributed by atoms with Crippen molar-refractivity contribution in [3.8, 4) is 0 Å². The minimum absolute atomic E-state index is 0.348. The van der Waals surface area contributed by atoms with Gasteiger partial charge >= 0.3 is 0 Å². The molecule has 2 heterocycles. The number of hydrogen-bond acceptors (Lipinski definition) is 5. The van der Waals surface area contributed by atoms with Gasteiger partial charge in [-0.3, -0.25) is 0 Å². The topological polar surface area (TPSA) is 67.1 Å². The van der Waals surface area contributed by atoms with E-state index in [1.807, 2.05) is 6.07 Å². The molecule has 0 saturated carbocycles. The Kier molecular flexibility index (Phi) is 4.36. The van der Waals surface area contributed by atoms with Gasteiger partial charge in [0.25, 0.3) is 0 Å². The van der Waals surface area contributed by atoms with Crippen LogP contribution in [0.15, 0.2) is 12.4 Å². The fourth-order valence-corrected chi connectivity index (χ4v) is 2.08. The Bertz CT molecular complexity index is 373. The Morgan fingerprint density at radius 1 is 1.44 bits per heavy atom. The molecule has 18 heavy (non-hydrogen) atoms. The summed E-state index contributed by atoms with van der Waals surface area (Å²) < 4.78 is 0. The largest absolute Gasteiger partial charge is 0.367 e. The molecule has 3 N–H and O–H groups in total. The highest BCUT2D eigenvalue weighted by Crippen LogP contribution is 2.19. The van der Waals surface area contributed by atoms with E-state index in [4.69, 9.17) is 5.73 Å². The number of rotatable bonds is 4. The summed E-state index contributed by atoms with van der Waals surface area (Å²) in [5.74, 6) is 1.91. The predicted octanol–water partition coefficient (Wildman–Crippen LogP) is 1.61. The molecule has 1 atom stereocenters. The van der Waals surface area contributed by atoms with E-state index in [9.17, 15) is 0 Å². The molecule has 100 valence electrons. The van der Waals surface area contributed by atoms with Gasteiger partial charge < -0.3 is 16.0 Å². The Balaban J connectivity index is 2.02. The van der Waals surface area contributed by atoms with Crippen LogP contribution in [0.2, 0.25) is 0 Å². The van der Waals surface area contributed by atoms with E-state index in [0.717, 1.165) is 44.0 Å². The van der Waals surface area contributed by atoms with Crippen molar-refractivity contribution >= 4 is 11.6 Å². The monoisotopic (exact) mass is 249 g/mol. The number of piperidine rings is 1. The van der Waals surface area contributed by atoms with E-state index in [2.05, 4.69) is 34.0 Å². The zero-order valence-corrected chi connectivity index (χ0v) is 11.3. The number of nitrogens with zero attached hydrogens (tertiary/aromatic N) is 3. The summed E-state index contributed by atoms with van der Waals surface area (Å²) >= 11 is 0. The lowest BCUT2D eigenvalue weighted by Crippen LogP contribution is -2.40. The van der Waals surface area contributed by atoms with Crippen LogP contribution < -0.4 is 16.0 Å². The maximum atomic E-state index is 5.92. The third-order valence-electron chi connectivity index (χ3n) is 3.52. The van der Waals surface area contributed by atoms with Gasteiger partial charge in [-0.15, -0.1) is 0 Å². The van der Waals surface area contributed by atoms with Crippen molar-refractivity contribution in [3.63, 3.8) is 0 Å². The molecule has 1 unspecified atom stereocenters. The van der Waals surface area contributed by atoms with Gasteiger partial charge in [-0.25, -0.2) is 9.97 Å². The molecule has 1 aliphatic heterocycles. The van der Waals surface area contributed by atoms with Crippen molar-refractivity contribution in [2.45, 2.75) is 45.2 Å². The second-order valence-electron chi connectivity index (χ2n) is 5.04. The molecule has 0 aliphatic carbocycles. The highest BCUT2D eigenvalue weighted by atomic mass is 15.2. The third kappa shape index (κ3) is 3.32. The van der Waals surface area contributed by atoms with Crippen LogP contribution in [0.3, 0.4) is 0 Å². The molecule has 1 aromatic rings. The second-order valence-corrected chi connectivity index (χ2v) is 5.04. The van der Waals surface area contributed by atoms with Crippen molar-refractivity contribution in [2.75, 3.05) is 23.3 Å². The van der Waals surface area contributed by atoms with Gasteiger partial charge in [-0.05, 0) is 26.2 Å². The lowest BCUT2D eigenvalue weighted by atomic mass is 10.1. The van der Waals surface area contributed by atoms with Crippen LogP contribution in [-0.4, -0.2) is 35.1 Å². The van der Waals surface area contributed by atoms with Crippen LogP contribution in [-0.2, 0) is 0 Å². The van der Waals surface area contributed by atoms with Gasteiger partial charge in [-0.2, -0.15) is 0 Å². The number of nitrogens with one attached hydrogen (secondary N) is 1. The molecule has 1 aromatic heterocycles. The van der Waals surface area contributed by atoms with Gasteiger partial charge in [-0.1, -0.05) is 6.92 Å². The third-order valence-corrected chi connectivity index (χ3v) is 3.52. The van der Waals surface area contributed by atoms with E-state index in [1.165, 1.54) is 0 Å². The summed E-state index contributed by atoms with van der Waals surface area (Å²) in [5.41, 5.74) is 5.92. The minimum Gasteiger partial charge on any atom is -0.367 e. The van der Waals surface area contributed by atoms with Crippen molar-refractivity contribution in [1.29, 1.82) is 0 Å². The fourth-order valence-electron chi connectivity index (χ4n) is 2.08. The molecule has 0 aromatic carbocycles. The average molecular weight is 249 g/mol. The van der Waals surface area contributed by atoms with Crippen molar-refractivity contribution in [2.24, 2.45) is 5.73 Å². The first-order valence-electron chi connectivity index (χ1n) is 6.78. The van der Waals surface area contributed by atoms with Crippen LogP contribution in [0, 0.1) is 0 Å². The summed E-state index contributed by atoms with van der Waals surface area (Å²) in [6.45, 7) is 6.29. The van der Waals surface area contributed by atoms with Crippen molar-refractivity contribution in [3.05, 3.63) is 12.4 Å². The maximum Gasteiger partial charge on any atom is 0.134 e. The van der Waals surface area contributed by atoms with Crippen LogP contribution in [0.5, 0.6) is 0 Å². The Labute approximate surface area is 109 Å². The van der Waals surface area contributed by atoms with Gasteiger partial charge in [0.1, 0.15) is 18.0 Å². The predicted molar refractivity (Wildman–Crippen MR) is 74.8 cm³/mol. The zero-order chi connectivity index (χ0) is 13.0. The number of nitrogens with two attached hydrogens (primary N) is 1. The van der Waals surface area contributed by atoms with E-state index < -0.39 is 0 Å². The van der Waals surface area contributed by atoms with E-state index in [-0.39, 0.29) is 0 Å². The van der Waals surface area contributed by atoms with E-state index >= 15 is 0 Å². The molecule has 0 spiro atoms. The average Bonchev–Trinajstić information content (AvgIpc) is 2.40. The molecular weight excluding hydrogens is 226 g/mol. The molecule has 5 nitrogen and oxygen atoms in total. The van der Waals surface area contributed by atoms with Gasteiger partial charge in [0.05, 0.1) is 0 Å². The molecule has 0 radical (unpaired) electrons. The van der Waals surface area contributed by atoms with Crippen molar-refractivity contribution < 1.29 is 0 Å². The lowest BCUT2D eigenvalue weighted by Gasteiger charge is -2.31. The molecule has 5 heteroatoms. The summed E-state index contributed by atoms with van der Waals surface area (Å²) in [7, 11) is 0. The molecule has 2 rings (SSSR count). The molecule has 1 aliphatic rings. The first kappa shape index (κ1) is 13.1. The first-order valence-corrected chi connectivity index (χ1v) is 6.78. The van der Waals surface area contributed by atoms with E-state index in [0.29, 0.717) is 12.1 Å². The summed E-state index contributed by atoms with van der Waals surface area (Å²) in [6.07, 6.45) is 4.79. The van der Waals surface area contributed by atoms with Crippen LogP contribution in [0.1, 0.15) is 33.1 Å². The Hall–Kier alpha value is -1.36. The maximum absolute atomic E-state index is 5.92. The molecule has 1 fully saturated rings. The van der Waals surface area contributed by atoms with Gasteiger partial charge in [0.2, 0.25) is 0 Å². The smallest absolute Gasteiger partial charge is 0.134 e. The first-order chi connectivity index (χ1) is 8.69. The molecule has 0 bridgehead atoms. The highest BCUT2D eigenvalue weighted by molar-refractivity contribution is 5.49. The molecule has 1 saturated heterocycles. The van der Waals surface area contributed by atoms with E-state index in [1.54, 1.807) is 6.33 Å². The highest BCUT2D eigenvalue weighted by Gasteiger charge is 2.17. The lowest BCUT2D eigenvalue weighted by molar-refractivity contribution is 0.498. The summed E-state index contributed by atoms with van der Waals surface area (Å²) in [5, 5.41) is 3.38. The SMILES string of the molecule is CCC(C)Nc1cc(N2CCC(N)CC2)ncn1. The number of aromatic nitrogens is 2. The van der Waals surface area contributed by atoms with Crippen LogP contribution in [0.25, 0.3) is 0 Å².